The van der Waals surface area contributed by atoms with Crippen molar-refractivity contribution in [3.63, 3.8) is 0 Å². The van der Waals surface area contributed by atoms with E-state index < -0.39 is 5.54 Å². The van der Waals surface area contributed by atoms with Gasteiger partial charge >= 0.3 is 0 Å². The minimum Gasteiger partial charge on any atom is -0.409 e. The molecule has 116 valence electrons. The lowest BCUT2D eigenvalue weighted by Gasteiger charge is -2.43. The van der Waals surface area contributed by atoms with E-state index in [1.54, 1.807) is 6.07 Å². The average Bonchev–Trinajstić information content (AvgIpc) is 2.49. The lowest BCUT2D eigenvalue weighted by Crippen LogP contribution is -2.59. The van der Waals surface area contributed by atoms with E-state index in [0.29, 0.717) is 6.54 Å². The minimum atomic E-state index is -0.473. The van der Waals surface area contributed by atoms with Crippen LogP contribution in [0.15, 0.2) is 29.4 Å². The predicted molar refractivity (Wildman–Crippen MR) is 80.7 cm³/mol. The lowest BCUT2D eigenvalue weighted by molar-refractivity contribution is 0.0788. The number of benzene rings is 1. The molecular formula is C15H23FN4O. The van der Waals surface area contributed by atoms with Gasteiger partial charge in [-0.25, -0.2) is 4.39 Å². The summed E-state index contributed by atoms with van der Waals surface area (Å²) in [4.78, 5) is 4.40. The van der Waals surface area contributed by atoms with Crippen LogP contribution < -0.4 is 5.73 Å². The fraction of sp³-hybridized carbons (Fsp3) is 0.533. The van der Waals surface area contributed by atoms with Gasteiger partial charge in [0, 0.05) is 38.3 Å². The molecule has 1 heterocycles. The van der Waals surface area contributed by atoms with Crippen LogP contribution in [0.25, 0.3) is 0 Å². The van der Waals surface area contributed by atoms with Gasteiger partial charge in [-0.2, -0.15) is 0 Å². The van der Waals surface area contributed by atoms with Crippen molar-refractivity contribution in [1.82, 2.24) is 9.80 Å². The van der Waals surface area contributed by atoms with Crippen molar-refractivity contribution >= 4 is 5.84 Å². The lowest BCUT2D eigenvalue weighted by atomic mass is 10.00. The molecule has 0 radical (unpaired) electrons. The van der Waals surface area contributed by atoms with Crippen LogP contribution in [-0.4, -0.2) is 52.6 Å². The summed E-state index contributed by atoms with van der Waals surface area (Å²) in [5.41, 5.74) is 6.01. The molecule has 0 saturated carbocycles. The SMILES string of the molecule is CC(C)(C(N)=NO)N1CCN(Cc2ccccc2F)CC1. The third-order valence-electron chi connectivity index (χ3n) is 4.25. The van der Waals surface area contributed by atoms with Crippen molar-refractivity contribution in [1.29, 1.82) is 0 Å². The molecule has 0 amide bonds. The van der Waals surface area contributed by atoms with E-state index in [0.717, 1.165) is 31.7 Å². The van der Waals surface area contributed by atoms with E-state index in [-0.39, 0.29) is 11.7 Å². The van der Waals surface area contributed by atoms with Gasteiger partial charge in [-0.3, -0.25) is 9.80 Å². The molecule has 1 aliphatic rings. The second-order valence-electron chi connectivity index (χ2n) is 5.90. The Bertz CT molecular complexity index is 510. The van der Waals surface area contributed by atoms with Gasteiger partial charge in [-0.1, -0.05) is 23.4 Å². The zero-order valence-electron chi connectivity index (χ0n) is 12.6. The molecule has 21 heavy (non-hydrogen) atoms. The maximum absolute atomic E-state index is 13.7. The van der Waals surface area contributed by atoms with Crippen LogP contribution in [0.1, 0.15) is 19.4 Å². The highest BCUT2D eigenvalue weighted by molar-refractivity contribution is 5.88. The summed E-state index contributed by atoms with van der Waals surface area (Å²) >= 11 is 0. The van der Waals surface area contributed by atoms with Gasteiger partial charge in [0.15, 0.2) is 5.84 Å². The molecule has 1 aliphatic heterocycles. The van der Waals surface area contributed by atoms with Crippen molar-refractivity contribution in [2.45, 2.75) is 25.9 Å². The number of oxime groups is 1. The van der Waals surface area contributed by atoms with Gasteiger partial charge in [0.25, 0.3) is 0 Å². The van der Waals surface area contributed by atoms with Gasteiger partial charge in [0.1, 0.15) is 5.82 Å². The van der Waals surface area contributed by atoms with Crippen molar-refractivity contribution in [2.75, 3.05) is 26.2 Å². The summed E-state index contributed by atoms with van der Waals surface area (Å²) in [5, 5.41) is 12.0. The van der Waals surface area contributed by atoms with E-state index in [1.165, 1.54) is 6.07 Å². The molecule has 1 fully saturated rings. The molecule has 3 N–H and O–H groups in total. The summed E-state index contributed by atoms with van der Waals surface area (Å²) < 4.78 is 13.7. The first-order valence-corrected chi connectivity index (χ1v) is 7.14. The Morgan fingerprint density at radius 1 is 1.29 bits per heavy atom. The molecule has 0 atom stereocenters. The van der Waals surface area contributed by atoms with E-state index >= 15 is 0 Å². The monoisotopic (exact) mass is 294 g/mol. The second kappa shape index (κ2) is 6.41. The topological polar surface area (TPSA) is 65.1 Å². The molecule has 1 aromatic carbocycles. The summed E-state index contributed by atoms with van der Waals surface area (Å²) in [6, 6.07) is 6.88. The quantitative estimate of drug-likeness (QED) is 0.382. The van der Waals surface area contributed by atoms with Gasteiger partial charge in [0.2, 0.25) is 0 Å². The fourth-order valence-corrected chi connectivity index (χ4v) is 2.62. The number of amidine groups is 1. The zero-order chi connectivity index (χ0) is 15.5. The van der Waals surface area contributed by atoms with Gasteiger partial charge in [-0.05, 0) is 19.9 Å². The number of hydrogen-bond acceptors (Lipinski definition) is 4. The first-order valence-electron chi connectivity index (χ1n) is 7.14. The van der Waals surface area contributed by atoms with Crippen LogP contribution in [-0.2, 0) is 6.54 Å². The third kappa shape index (κ3) is 3.51. The summed E-state index contributed by atoms with van der Waals surface area (Å²) in [6.07, 6.45) is 0. The fourth-order valence-electron chi connectivity index (χ4n) is 2.62. The van der Waals surface area contributed by atoms with E-state index in [1.807, 2.05) is 26.0 Å². The Hall–Kier alpha value is -1.66. The van der Waals surface area contributed by atoms with Crippen LogP contribution in [0.2, 0.25) is 0 Å². The van der Waals surface area contributed by atoms with Crippen molar-refractivity contribution < 1.29 is 9.60 Å². The maximum Gasteiger partial charge on any atom is 0.159 e. The molecule has 0 bridgehead atoms. The molecule has 5 nitrogen and oxygen atoms in total. The molecule has 2 rings (SSSR count). The van der Waals surface area contributed by atoms with Crippen LogP contribution >= 0.6 is 0 Å². The van der Waals surface area contributed by atoms with Crippen molar-refractivity contribution in [2.24, 2.45) is 10.9 Å². The number of halogens is 1. The standard InChI is InChI=1S/C15H23FN4O/c1-15(2,14(17)18-21)20-9-7-19(8-10-20)11-12-5-3-4-6-13(12)16/h3-6,21H,7-11H2,1-2H3,(H2,17,18). The molecule has 0 aliphatic carbocycles. The number of nitrogens with two attached hydrogens (primary N) is 1. The van der Waals surface area contributed by atoms with Gasteiger partial charge in [-0.15, -0.1) is 0 Å². The predicted octanol–water partition coefficient (Wildman–Crippen LogP) is 1.47. The Labute approximate surface area is 124 Å². The summed E-state index contributed by atoms with van der Waals surface area (Å²) in [6.45, 7) is 7.76. The number of hydrogen-bond donors (Lipinski definition) is 2. The minimum absolute atomic E-state index is 0.156. The summed E-state index contributed by atoms with van der Waals surface area (Å²) in [7, 11) is 0. The van der Waals surface area contributed by atoms with Crippen LogP contribution in [0.5, 0.6) is 0 Å². The Morgan fingerprint density at radius 3 is 2.48 bits per heavy atom. The Kier molecular flexibility index (Phi) is 4.80. The molecule has 1 aromatic rings. The smallest absolute Gasteiger partial charge is 0.159 e. The largest absolute Gasteiger partial charge is 0.409 e. The molecule has 0 aromatic heterocycles. The van der Waals surface area contributed by atoms with E-state index in [4.69, 9.17) is 10.9 Å². The summed E-state index contributed by atoms with van der Waals surface area (Å²) in [5.74, 6) is 0.0574. The Balaban J connectivity index is 1.93. The van der Waals surface area contributed by atoms with E-state index in [2.05, 4.69) is 15.0 Å². The highest BCUT2D eigenvalue weighted by atomic mass is 19.1. The zero-order valence-corrected chi connectivity index (χ0v) is 12.6. The number of piperazine rings is 1. The first kappa shape index (κ1) is 15.7. The second-order valence-corrected chi connectivity index (χ2v) is 5.90. The normalized spacial score (nSPS) is 18.9. The van der Waals surface area contributed by atoms with Crippen molar-refractivity contribution in [3.8, 4) is 0 Å². The molecule has 0 spiro atoms. The van der Waals surface area contributed by atoms with Crippen LogP contribution in [0, 0.1) is 5.82 Å². The molecule has 1 saturated heterocycles. The first-order chi connectivity index (χ1) is 9.95. The molecule has 0 unspecified atom stereocenters. The van der Waals surface area contributed by atoms with Gasteiger partial charge < -0.3 is 10.9 Å². The number of rotatable bonds is 4. The third-order valence-corrected chi connectivity index (χ3v) is 4.25. The highest BCUT2D eigenvalue weighted by Crippen LogP contribution is 2.19. The van der Waals surface area contributed by atoms with Crippen LogP contribution in [0.4, 0.5) is 4.39 Å². The van der Waals surface area contributed by atoms with Crippen molar-refractivity contribution in [3.05, 3.63) is 35.6 Å². The average molecular weight is 294 g/mol. The maximum atomic E-state index is 13.7. The van der Waals surface area contributed by atoms with Crippen LogP contribution in [0.3, 0.4) is 0 Å². The molecular weight excluding hydrogens is 271 g/mol. The van der Waals surface area contributed by atoms with E-state index in [9.17, 15) is 4.39 Å². The number of nitrogens with zero attached hydrogens (tertiary/aromatic N) is 3. The highest BCUT2D eigenvalue weighted by Gasteiger charge is 2.33. The Morgan fingerprint density at radius 2 is 1.90 bits per heavy atom. The van der Waals surface area contributed by atoms with Gasteiger partial charge in [0.05, 0.1) is 5.54 Å². The molecule has 6 heteroatoms.